The summed E-state index contributed by atoms with van der Waals surface area (Å²) in [5, 5.41) is 0. The zero-order valence-corrected chi connectivity index (χ0v) is 9.98. The Bertz CT molecular complexity index is 211. The van der Waals surface area contributed by atoms with E-state index in [-0.39, 0.29) is 18.6 Å². The van der Waals surface area contributed by atoms with Crippen LogP contribution >= 0.6 is 0 Å². The lowest BCUT2D eigenvalue weighted by Crippen LogP contribution is -2.41. The topological polar surface area (TPSA) is 64.8 Å². The van der Waals surface area contributed by atoms with E-state index < -0.39 is 0 Å². The summed E-state index contributed by atoms with van der Waals surface area (Å²) in [6.45, 7) is 5.13. The number of hydrogen-bond donors (Lipinski definition) is 1. The van der Waals surface area contributed by atoms with Crippen LogP contribution in [0.15, 0.2) is 0 Å². The van der Waals surface area contributed by atoms with Gasteiger partial charge in [-0.05, 0) is 19.8 Å². The van der Waals surface area contributed by atoms with Crippen molar-refractivity contribution >= 4 is 5.91 Å². The van der Waals surface area contributed by atoms with E-state index in [0.717, 1.165) is 19.4 Å². The molecule has 0 aliphatic carbocycles. The molecule has 1 amide bonds. The van der Waals surface area contributed by atoms with E-state index in [4.69, 9.17) is 15.2 Å². The zero-order chi connectivity index (χ0) is 11.8. The molecule has 1 unspecified atom stereocenters. The molecule has 0 spiro atoms. The van der Waals surface area contributed by atoms with Gasteiger partial charge in [0.05, 0.1) is 13.2 Å². The van der Waals surface area contributed by atoms with Crippen molar-refractivity contribution in [3.8, 4) is 0 Å². The fourth-order valence-electron chi connectivity index (χ4n) is 1.91. The van der Waals surface area contributed by atoms with Crippen LogP contribution in [0.4, 0.5) is 0 Å². The van der Waals surface area contributed by atoms with Crippen LogP contribution in [0.1, 0.15) is 19.8 Å². The largest absolute Gasteiger partial charge is 0.379 e. The number of likely N-dealkylation sites (tertiary alicyclic amines) is 1. The van der Waals surface area contributed by atoms with Crippen molar-refractivity contribution in [2.75, 3.05) is 39.5 Å². The van der Waals surface area contributed by atoms with E-state index in [1.807, 2.05) is 11.8 Å². The molecule has 1 saturated heterocycles. The van der Waals surface area contributed by atoms with Crippen LogP contribution in [-0.4, -0.2) is 56.4 Å². The van der Waals surface area contributed by atoms with Gasteiger partial charge in [0.1, 0.15) is 6.61 Å². The van der Waals surface area contributed by atoms with Gasteiger partial charge in [0.25, 0.3) is 0 Å². The first kappa shape index (κ1) is 13.4. The van der Waals surface area contributed by atoms with Gasteiger partial charge >= 0.3 is 0 Å². The molecule has 1 atom stereocenters. The summed E-state index contributed by atoms with van der Waals surface area (Å²) in [7, 11) is 0. The first-order valence-electron chi connectivity index (χ1n) is 5.94. The van der Waals surface area contributed by atoms with E-state index in [2.05, 4.69) is 0 Å². The Hall–Kier alpha value is -0.650. The van der Waals surface area contributed by atoms with Crippen LogP contribution in [-0.2, 0) is 14.3 Å². The maximum absolute atomic E-state index is 11.8. The average molecular weight is 230 g/mol. The molecule has 0 aromatic heterocycles. The molecule has 16 heavy (non-hydrogen) atoms. The Morgan fingerprint density at radius 2 is 2.19 bits per heavy atom. The van der Waals surface area contributed by atoms with Gasteiger partial charge in [-0.15, -0.1) is 0 Å². The second-order valence-electron chi connectivity index (χ2n) is 3.87. The van der Waals surface area contributed by atoms with Gasteiger partial charge in [-0.2, -0.15) is 0 Å². The highest BCUT2D eigenvalue weighted by atomic mass is 16.5. The van der Waals surface area contributed by atoms with E-state index in [1.54, 1.807) is 0 Å². The summed E-state index contributed by atoms with van der Waals surface area (Å²) < 4.78 is 10.4. The molecular formula is C11H22N2O3. The molecule has 1 fully saturated rings. The van der Waals surface area contributed by atoms with Crippen molar-refractivity contribution in [2.24, 2.45) is 5.73 Å². The van der Waals surface area contributed by atoms with Crippen LogP contribution in [0.2, 0.25) is 0 Å². The molecule has 94 valence electrons. The molecule has 5 heteroatoms. The van der Waals surface area contributed by atoms with Crippen molar-refractivity contribution in [3.63, 3.8) is 0 Å². The number of nitrogens with two attached hydrogens (primary N) is 1. The summed E-state index contributed by atoms with van der Waals surface area (Å²) >= 11 is 0. The Morgan fingerprint density at radius 1 is 1.44 bits per heavy atom. The minimum atomic E-state index is 0.0458. The number of carbonyl (C=O) groups is 1. The summed E-state index contributed by atoms with van der Waals surface area (Å²) in [5.41, 5.74) is 5.60. The van der Waals surface area contributed by atoms with Gasteiger partial charge < -0.3 is 20.1 Å². The lowest BCUT2D eigenvalue weighted by molar-refractivity contribution is -0.137. The molecular weight excluding hydrogens is 208 g/mol. The second-order valence-corrected chi connectivity index (χ2v) is 3.87. The van der Waals surface area contributed by atoms with Crippen LogP contribution in [0.5, 0.6) is 0 Å². The van der Waals surface area contributed by atoms with Gasteiger partial charge in [0.2, 0.25) is 5.91 Å². The fourth-order valence-corrected chi connectivity index (χ4v) is 1.91. The molecule has 0 radical (unpaired) electrons. The Balaban J connectivity index is 2.14. The standard InChI is InChI=1S/C11H22N2O3/c1-2-15-6-7-16-9-11(14)13-5-3-4-10(13)8-12/h10H,2-9,12H2,1H3. The van der Waals surface area contributed by atoms with Crippen molar-refractivity contribution in [1.29, 1.82) is 0 Å². The van der Waals surface area contributed by atoms with Crippen LogP contribution < -0.4 is 5.73 Å². The predicted octanol–water partition coefficient (Wildman–Crippen LogP) is -0.0108. The SMILES string of the molecule is CCOCCOCC(=O)N1CCCC1CN. The number of amides is 1. The molecule has 1 aliphatic rings. The van der Waals surface area contributed by atoms with E-state index in [9.17, 15) is 4.79 Å². The molecule has 0 saturated carbocycles. The third-order valence-electron chi connectivity index (χ3n) is 2.77. The van der Waals surface area contributed by atoms with Crippen LogP contribution in [0.25, 0.3) is 0 Å². The van der Waals surface area contributed by atoms with Gasteiger partial charge in [-0.25, -0.2) is 0 Å². The second kappa shape index (κ2) is 7.60. The van der Waals surface area contributed by atoms with Crippen molar-refractivity contribution in [1.82, 2.24) is 4.90 Å². The molecule has 0 aromatic rings. The number of rotatable bonds is 7. The first-order chi connectivity index (χ1) is 7.79. The van der Waals surface area contributed by atoms with Gasteiger partial charge in [-0.1, -0.05) is 0 Å². The van der Waals surface area contributed by atoms with E-state index >= 15 is 0 Å². The van der Waals surface area contributed by atoms with Crippen LogP contribution in [0.3, 0.4) is 0 Å². The minimum Gasteiger partial charge on any atom is -0.379 e. The number of ether oxygens (including phenoxy) is 2. The quantitative estimate of drug-likeness (QED) is 0.625. The van der Waals surface area contributed by atoms with E-state index in [0.29, 0.717) is 26.4 Å². The van der Waals surface area contributed by atoms with Crippen LogP contribution in [0, 0.1) is 0 Å². The first-order valence-corrected chi connectivity index (χ1v) is 5.94. The monoisotopic (exact) mass is 230 g/mol. The maximum atomic E-state index is 11.8. The fraction of sp³-hybridized carbons (Fsp3) is 0.909. The lowest BCUT2D eigenvalue weighted by Gasteiger charge is -2.23. The Labute approximate surface area is 96.9 Å². The minimum absolute atomic E-state index is 0.0458. The third-order valence-corrected chi connectivity index (χ3v) is 2.77. The number of hydrogen-bond acceptors (Lipinski definition) is 4. The highest BCUT2D eigenvalue weighted by Gasteiger charge is 2.27. The summed E-state index contributed by atoms with van der Waals surface area (Å²) in [4.78, 5) is 13.6. The molecule has 1 rings (SSSR count). The molecule has 0 bridgehead atoms. The molecule has 5 nitrogen and oxygen atoms in total. The van der Waals surface area contributed by atoms with Crippen molar-refractivity contribution in [2.45, 2.75) is 25.8 Å². The average Bonchev–Trinajstić information content (AvgIpc) is 2.76. The summed E-state index contributed by atoms with van der Waals surface area (Å²) in [6.07, 6.45) is 2.06. The van der Waals surface area contributed by atoms with E-state index in [1.165, 1.54) is 0 Å². The predicted molar refractivity (Wildman–Crippen MR) is 61.1 cm³/mol. The molecule has 2 N–H and O–H groups in total. The van der Waals surface area contributed by atoms with Crippen molar-refractivity contribution in [3.05, 3.63) is 0 Å². The highest BCUT2D eigenvalue weighted by molar-refractivity contribution is 5.78. The van der Waals surface area contributed by atoms with Gasteiger partial charge in [0, 0.05) is 25.7 Å². The number of carbonyl (C=O) groups excluding carboxylic acids is 1. The van der Waals surface area contributed by atoms with Crippen molar-refractivity contribution < 1.29 is 14.3 Å². The molecule has 1 heterocycles. The summed E-state index contributed by atoms with van der Waals surface area (Å²) in [6, 6.07) is 0.211. The Kier molecular flexibility index (Phi) is 6.37. The van der Waals surface area contributed by atoms with Gasteiger partial charge in [-0.3, -0.25) is 4.79 Å². The normalized spacial score (nSPS) is 20.4. The lowest BCUT2D eigenvalue weighted by atomic mass is 10.2. The Morgan fingerprint density at radius 3 is 2.88 bits per heavy atom. The smallest absolute Gasteiger partial charge is 0.248 e. The van der Waals surface area contributed by atoms with Gasteiger partial charge in [0.15, 0.2) is 0 Å². The summed E-state index contributed by atoms with van der Waals surface area (Å²) in [5.74, 6) is 0.0458. The zero-order valence-electron chi connectivity index (χ0n) is 9.98. The number of nitrogens with zero attached hydrogens (tertiary/aromatic N) is 1. The third kappa shape index (κ3) is 4.08. The molecule has 1 aliphatic heterocycles. The molecule has 0 aromatic carbocycles. The maximum Gasteiger partial charge on any atom is 0.248 e. The highest BCUT2D eigenvalue weighted by Crippen LogP contribution is 2.15.